The van der Waals surface area contributed by atoms with Gasteiger partial charge in [0.15, 0.2) is 0 Å². The second-order valence-electron chi connectivity index (χ2n) is 9.11. The van der Waals surface area contributed by atoms with E-state index >= 15 is 0 Å². The smallest absolute Gasteiger partial charge is 0.407 e. The zero-order valence-corrected chi connectivity index (χ0v) is 17.1. The third kappa shape index (κ3) is 6.39. The lowest BCUT2D eigenvalue weighted by molar-refractivity contribution is 0.0489. The quantitative estimate of drug-likeness (QED) is 0.775. The normalized spacial score (nSPS) is 28.5. The Morgan fingerprint density at radius 2 is 1.70 bits per heavy atom. The number of amides is 1. The Hall–Kier alpha value is -1.81. The number of benzene rings is 1. The van der Waals surface area contributed by atoms with E-state index in [1.54, 1.807) is 0 Å². The molecular formula is C23H34N2O2. The monoisotopic (exact) mass is 370 g/mol. The van der Waals surface area contributed by atoms with Gasteiger partial charge in [-0.3, -0.25) is 0 Å². The minimum absolute atomic E-state index is 0.243. The van der Waals surface area contributed by atoms with Crippen LogP contribution in [0.15, 0.2) is 35.9 Å². The fraction of sp³-hybridized carbons (Fsp3) is 0.609. The minimum atomic E-state index is -0.436. The maximum Gasteiger partial charge on any atom is 0.407 e. The van der Waals surface area contributed by atoms with Gasteiger partial charge in [0, 0.05) is 18.1 Å². The standard InChI is InChI=1S/C23H34N2O2/c1-16(14-17-8-6-5-7-9-17)20-15-21(20)24-18-10-12-19(13-11-18)25-22(26)27-23(2,3)4/h5-9,14,18-21,24H,10-13,15H2,1-4H3,(H,25,26)/b16-14+/t18?,19?,20-,21+/m0/s1. The summed E-state index contributed by atoms with van der Waals surface area (Å²) >= 11 is 0. The first-order valence-corrected chi connectivity index (χ1v) is 10.3. The molecule has 2 N–H and O–H groups in total. The van der Waals surface area contributed by atoms with Gasteiger partial charge in [-0.2, -0.15) is 0 Å². The first kappa shape index (κ1) is 19.9. The summed E-state index contributed by atoms with van der Waals surface area (Å²) in [5, 5.41) is 6.86. The van der Waals surface area contributed by atoms with Gasteiger partial charge in [0.2, 0.25) is 0 Å². The van der Waals surface area contributed by atoms with Crippen LogP contribution in [0.5, 0.6) is 0 Å². The number of alkyl carbamates (subject to hydrolysis) is 1. The second-order valence-corrected chi connectivity index (χ2v) is 9.11. The van der Waals surface area contributed by atoms with Crippen molar-refractivity contribution in [3.8, 4) is 0 Å². The largest absolute Gasteiger partial charge is 0.444 e. The van der Waals surface area contributed by atoms with E-state index < -0.39 is 5.60 Å². The van der Waals surface area contributed by atoms with Crippen LogP contribution in [0.3, 0.4) is 0 Å². The van der Waals surface area contributed by atoms with Gasteiger partial charge in [-0.1, -0.05) is 42.0 Å². The molecular weight excluding hydrogens is 336 g/mol. The summed E-state index contributed by atoms with van der Waals surface area (Å²) in [7, 11) is 0. The van der Waals surface area contributed by atoms with E-state index in [1.165, 1.54) is 17.6 Å². The molecule has 3 rings (SSSR count). The molecule has 2 aliphatic rings. The fourth-order valence-corrected chi connectivity index (χ4v) is 3.98. The van der Waals surface area contributed by atoms with Gasteiger partial charge in [0.05, 0.1) is 0 Å². The highest BCUT2D eigenvalue weighted by atomic mass is 16.6. The molecule has 0 saturated heterocycles. The maximum absolute atomic E-state index is 11.9. The van der Waals surface area contributed by atoms with E-state index in [-0.39, 0.29) is 12.1 Å². The van der Waals surface area contributed by atoms with Crippen LogP contribution in [-0.2, 0) is 4.74 Å². The Bertz CT molecular complexity index is 655. The summed E-state index contributed by atoms with van der Waals surface area (Å²) in [6, 6.07) is 12.0. The maximum atomic E-state index is 11.9. The lowest BCUT2D eigenvalue weighted by Gasteiger charge is -2.30. The predicted molar refractivity (Wildman–Crippen MR) is 111 cm³/mol. The Labute approximate surface area is 163 Å². The molecule has 0 unspecified atom stereocenters. The SMILES string of the molecule is C/C(=C\c1ccccc1)[C@@H]1C[C@H]1NC1CCC(NC(=O)OC(C)(C)C)CC1. The van der Waals surface area contributed by atoms with Crippen molar-refractivity contribution in [3.05, 3.63) is 41.5 Å². The first-order chi connectivity index (χ1) is 12.8. The topological polar surface area (TPSA) is 50.4 Å². The van der Waals surface area contributed by atoms with Crippen LogP contribution in [0.1, 0.15) is 65.4 Å². The molecule has 2 saturated carbocycles. The molecule has 0 bridgehead atoms. The molecule has 1 aromatic carbocycles. The van der Waals surface area contributed by atoms with Crippen molar-refractivity contribution in [1.29, 1.82) is 0 Å². The Morgan fingerprint density at radius 3 is 2.33 bits per heavy atom. The Morgan fingerprint density at radius 1 is 1.07 bits per heavy atom. The highest BCUT2D eigenvalue weighted by molar-refractivity contribution is 5.68. The fourth-order valence-electron chi connectivity index (χ4n) is 3.98. The molecule has 2 aliphatic carbocycles. The minimum Gasteiger partial charge on any atom is -0.444 e. The number of carbonyl (C=O) groups is 1. The molecule has 1 aromatic rings. The molecule has 27 heavy (non-hydrogen) atoms. The van der Waals surface area contributed by atoms with Crippen molar-refractivity contribution in [2.24, 2.45) is 5.92 Å². The van der Waals surface area contributed by atoms with Crippen molar-refractivity contribution in [1.82, 2.24) is 10.6 Å². The molecule has 0 radical (unpaired) electrons. The number of ether oxygens (including phenoxy) is 1. The van der Waals surface area contributed by atoms with Crippen LogP contribution in [0, 0.1) is 5.92 Å². The van der Waals surface area contributed by atoms with E-state index in [2.05, 4.69) is 54.0 Å². The molecule has 4 nitrogen and oxygen atoms in total. The predicted octanol–water partition coefficient (Wildman–Crippen LogP) is 4.90. The molecule has 148 valence electrons. The number of hydrogen-bond donors (Lipinski definition) is 2. The van der Waals surface area contributed by atoms with E-state index in [1.807, 2.05) is 20.8 Å². The van der Waals surface area contributed by atoms with Crippen LogP contribution >= 0.6 is 0 Å². The molecule has 0 heterocycles. The molecule has 2 atom stereocenters. The molecule has 0 aromatic heterocycles. The molecule has 0 spiro atoms. The summed E-state index contributed by atoms with van der Waals surface area (Å²) in [4.78, 5) is 11.9. The van der Waals surface area contributed by atoms with Gasteiger partial charge in [-0.05, 0) is 71.3 Å². The second kappa shape index (κ2) is 8.47. The lowest BCUT2D eigenvalue weighted by Crippen LogP contribution is -2.44. The summed E-state index contributed by atoms with van der Waals surface area (Å²) < 4.78 is 5.36. The average Bonchev–Trinajstić information content (AvgIpc) is 3.35. The van der Waals surface area contributed by atoms with Crippen molar-refractivity contribution in [2.45, 2.75) is 83.5 Å². The van der Waals surface area contributed by atoms with Crippen LogP contribution in [0.2, 0.25) is 0 Å². The van der Waals surface area contributed by atoms with Crippen molar-refractivity contribution in [2.75, 3.05) is 0 Å². The van der Waals surface area contributed by atoms with E-state index in [4.69, 9.17) is 4.74 Å². The van der Waals surface area contributed by atoms with Crippen molar-refractivity contribution < 1.29 is 9.53 Å². The zero-order chi connectivity index (χ0) is 19.4. The van der Waals surface area contributed by atoms with Crippen LogP contribution in [0.25, 0.3) is 6.08 Å². The highest BCUT2D eigenvalue weighted by Crippen LogP contribution is 2.39. The Balaban J connectivity index is 1.38. The summed E-state index contributed by atoms with van der Waals surface area (Å²) in [6.07, 6.45) is 7.54. The van der Waals surface area contributed by atoms with E-state index in [9.17, 15) is 4.79 Å². The van der Waals surface area contributed by atoms with Gasteiger partial charge in [0.1, 0.15) is 5.60 Å². The molecule has 1 amide bonds. The van der Waals surface area contributed by atoms with Crippen LogP contribution < -0.4 is 10.6 Å². The van der Waals surface area contributed by atoms with Gasteiger partial charge in [0.25, 0.3) is 0 Å². The average molecular weight is 371 g/mol. The van der Waals surface area contributed by atoms with Gasteiger partial charge >= 0.3 is 6.09 Å². The van der Waals surface area contributed by atoms with Crippen LogP contribution in [0.4, 0.5) is 4.79 Å². The summed E-state index contributed by atoms with van der Waals surface area (Å²) in [6.45, 7) is 7.94. The number of rotatable bonds is 5. The van der Waals surface area contributed by atoms with Crippen molar-refractivity contribution in [3.63, 3.8) is 0 Å². The lowest BCUT2D eigenvalue weighted by atomic mass is 9.91. The third-order valence-electron chi connectivity index (χ3n) is 5.47. The summed E-state index contributed by atoms with van der Waals surface area (Å²) in [5.74, 6) is 0.669. The Kier molecular flexibility index (Phi) is 6.25. The third-order valence-corrected chi connectivity index (χ3v) is 5.47. The molecule has 0 aliphatic heterocycles. The summed E-state index contributed by atoms with van der Waals surface area (Å²) in [5.41, 5.74) is 2.32. The highest BCUT2D eigenvalue weighted by Gasteiger charge is 2.39. The van der Waals surface area contributed by atoms with E-state index in [0.29, 0.717) is 18.0 Å². The van der Waals surface area contributed by atoms with Gasteiger partial charge < -0.3 is 15.4 Å². The van der Waals surface area contributed by atoms with Gasteiger partial charge in [-0.25, -0.2) is 4.79 Å². The van der Waals surface area contributed by atoms with E-state index in [0.717, 1.165) is 25.7 Å². The van der Waals surface area contributed by atoms with Gasteiger partial charge in [-0.15, -0.1) is 0 Å². The van der Waals surface area contributed by atoms with Crippen molar-refractivity contribution >= 4 is 12.2 Å². The van der Waals surface area contributed by atoms with Crippen LogP contribution in [-0.4, -0.2) is 29.8 Å². The number of carbonyl (C=O) groups excluding carboxylic acids is 1. The number of nitrogens with one attached hydrogen (secondary N) is 2. The molecule has 4 heteroatoms. The number of hydrogen-bond acceptors (Lipinski definition) is 3. The zero-order valence-electron chi connectivity index (χ0n) is 17.1. The molecule has 2 fully saturated rings. The first-order valence-electron chi connectivity index (χ1n) is 10.3.